The van der Waals surface area contributed by atoms with Gasteiger partial charge in [0, 0.05) is 6.42 Å². The Kier molecular flexibility index (Phi) is 6.97. The Morgan fingerprint density at radius 2 is 2.12 bits per heavy atom. The number of ether oxygens (including phenoxy) is 3. The van der Waals surface area contributed by atoms with Crippen LogP contribution in [0.2, 0.25) is 0 Å². The molecule has 1 heterocycles. The van der Waals surface area contributed by atoms with E-state index >= 15 is 0 Å². The van der Waals surface area contributed by atoms with E-state index in [2.05, 4.69) is 6.92 Å². The molecule has 1 aliphatic heterocycles. The maximum Gasteiger partial charge on any atom is 0.508 e. The zero-order chi connectivity index (χ0) is 11.6. The fourth-order valence-electron chi connectivity index (χ4n) is 1.64. The molecule has 1 aliphatic rings. The Balaban J connectivity index is 1.89. The van der Waals surface area contributed by atoms with Crippen LogP contribution in [0.5, 0.6) is 0 Å². The van der Waals surface area contributed by atoms with Crippen LogP contribution in [0.25, 0.3) is 0 Å². The quantitative estimate of drug-likeness (QED) is 0.498. The molecule has 0 aromatic carbocycles. The summed E-state index contributed by atoms with van der Waals surface area (Å²) in [5.74, 6) is 0. The molecule has 1 saturated heterocycles. The minimum atomic E-state index is -0.550. The van der Waals surface area contributed by atoms with Gasteiger partial charge < -0.3 is 14.2 Å². The van der Waals surface area contributed by atoms with Crippen molar-refractivity contribution in [1.82, 2.24) is 0 Å². The van der Waals surface area contributed by atoms with Crippen LogP contribution in [0.15, 0.2) is 0 Å². The summed E-state index contributed by atoms with van der Waals surface area (Å²) in [7, 11) is 0. The van der Waals surface area contributed by atoms with Gasteiger partial charge in [-0.3, -0.25) is 0 Å². The fraction of sp³-hybridized carbons (Fsp3) is 0.917. The van der Waals surface area contributed by atoms with Crippen LogP contribution in [-0.2, 0) is 14.2 Å². The van der Waals surface area contributed by atoms with Crippen LogP contribution < -0.4 is 0 Å². The summed E-state index contributed by atoms with van der Waals surface area (Å²) in [4.78, 5) is 11.2. The monoisotopic (exact) mass is 230 g/mol. The topological polar surface area (TPSA) is 44.8 Å². The van der Waals surface area contributed by atoms with Crippen molar-refractivity contribution >= 4 is 6.16 Å². The van der Waals surface area contributed by atoms with Gasteiger partial charge in [-0.2, -0.15) is 0 Å². The lowest BCUT2D eigenvalue weighted by Crippen LogP contribution is -2.19. The standard InChI is InChI=1S/C12H22O4/c1-2-3-4-5-6-8-15-12(13)16-11-7-9-14-10-11/h11H,2-10H2,1H3. The minimum absolute atomic E-state index is 0.104. The lowest BCUT2D eigenvalue weighted by Gasteiger charge is -2.10. The zero-order valence-corrected chi connectivity index (χ0v) is 10.1. The Morgan fingerprint density at radius 1 is 1.31 bits per heavy atom. The van der Waals surface area contributed by atoms with E-state index in [1.54, 1.807) is 0 Å². The zero-order valence-electron chi connectivity index (χ0n) is 10.1. The second-order valence-corrected chi connectivity index (χ2v) is 4.12. The molecule has 1 rings (SSSR count). The molecule has 4 heteroatoms. The van der Waals surface area contributed by atoms with E-state index in [0.29, 0.717) is 19.8 Å². The molecule has 0 aromatic heterocycles. The summed E-state index contributed by atoms with van der Waals surface area (Å²) >= 11 is 0. The third-order valence-corrected chi connectivity index (χ3v) is 2.62. The van der Waals surface area contributed by atoms with Crippen molar-refractivity contribution < 1.29 is 19.0 Å². The van der Waals surface area contributed by atoms with Crippen LogP contribution >= 0.6 is 0 Å². The van der Waals surface area contributed by atoms with E-state index < -0.39 is 6.16 Å². The maximum absolute atomic E-state index is 11.2. The average molecular weight is 230 g/mol. The first kappa shape index (κ1) is 13.3. The Labute approximate surface area is 97.2 Å². The number of hydrogen-bond acceptors (Lipinski definition) is 4. The molecule has 0 amide bonds. The molecule has 1 atom stereocenters. The van der Waals surface area contributed by atoms with Gasteiger partial charge in [0.15, 0.2) is 0 Å². The van der Waals surface area contributed by atoms with E-state index in [1.165, 1.54) is 19.3 Å². The summed E-state index contributed by atoms with van der Waals surface area (Å²) < 4.78 is 15.1. The smallest absolute Gasteiger partial charge is 0.434 e. The highest BCUT2D eigenvalue weighted by Gasteiger charge is 2.20. The van der Waals surface area contributed by atoms with Crippen LogP contribution in [0, 0.1) is 0 Å². The van der Waals surface area contributed by atoms with Crippen molar-refractivity contribution in [3.8, 4) is 0 Å². The highest BCUT2D eigenvalue weighted by molar-refractivity contribution is 5.60. The summed E-state index contributed by atoms with van der Waals surface area (Å²) in [6.45, 7) is 3.83. The highest BCUT2D eigenvalue weighted by Crippen LogP contribution is 2.09. The van der Waals surface area contributed by atoms with Crippen molar-refractivity contribution in [2.45, 2.75) is 51.6 Å². The van der Waals surface area contributed by atoms with E-state index in [-0.39, 0.29) is 6.10 Å². The largest absolute Gasteiger partial charge is 0.508 e. The predicted octanol–water partition coefficient (Wildman–Crippen LogP) is 2.90. The van der Waals surface area contributed by atoms with Gasteiger partial charge in [0.2, 0.25) is 0 Å². The van der Waals surface area contributed by atoms with Crippen molar-refractivity contribution in [3.05, 3.63) is 0 Å². The first-order valence-corrected chi connectivity index (χ1v) is 6.24. The molecule has 16 heavy (non-hydrogen) atoms. The van der Waals surface area contributed by atoms with Crippen LogP contribution in [-0.4, -0.2) is 32.1 Å². The van der Waals surface area contributed by atoms with Gasteiger partial charge in [-0.15, -0.1) is 0 Å². The molecular weight excluding hydrogens is 208 g/mol. The van der Waals surface area contributed by atoms with Crippen LogP contribution in [0.1, 0.15) is 45.4 Å². The molecule has 0 bridgehead atoms. The van der Waals surface area contributed by atoms with Gasteiger partial charge in [-0.05, 0) is 6.42 Å². The van der Waals surface area contributed by atoms with Gasteiger partial charge in [0.1, 0.15) is 6.10 Å². The number of carbonyl (C=O) groups excluding carboxylic acids is 1. The van der Waals surface area contributed by atoms with Gasteiger partial charge in [-0.25, -0.2) is 4.79 Å². The normalized spacial score (nSPS) is 19.7. The van der Waals surface area contributed by atoms with Gasteiger partial charge in [-0.1, -0.05) is 32.6 Å². The van der Waals surface area contributed by atoms with Crippen molar-refractivity contribution in [3.63, 3.8) is 0 Å². The lowest BCUT2D eigenvalue weighted by atomic mass is 10.2. The van der Waals surface area contributed by atoms with Crippen LogP contribution in [0.3, 0.4) is 0 Å². The predicted molar refractivity (Wildman–Crippen MR) is 60.4 cm³/mol. The van der Waals surface area contributed by atoms with E-state index in [4.69, 9.17) is 14.2 Å². The first-order chi connectivity index (χ1) is 7.83. The summed E-state index contributed by atoms with van der Waals surface area (Å²) in [5.41, 5.74) is 0. The Bertz CT molecular complexity index is 187. The molecule has 1 unspecified atom stereocenters. The SMILES string of the molecule is CCCCCCCOC(=O)OC1CCOC1. The summed E-state index contributed by atoms with van der Waals surface area (Å²) in [6, 6.07) is 0. The average Bonchev–Trinajstić information content (AvgIpc) is 2.76. The minimum Gasteiger partial charge on any atom is -0.434 e. The second kappa shape index (κ2) is 8.39. The van der Waals surface area contributed by atoms with Crippen LogP contribution in [0.4, 0.5) is 4.79 Å². The van der Waals surface area contributed by atoms with E-state index in [1.807, 2.05) is 0 Å². The van der Waals surface area contributed by atoms with Crippen molar-refractivity contribution in [1.29, 1.82) is 0 Å². The van der Waals surface area contributed by atoms with Gasteiger partial charge in [0.25, 0.3) is 0 Å². The molecule has 0 radical (unpaired) electrons. The molecular formula is C12H22O4. The molecule has 1 fully saturated rings. The molecule has 0 spiro atoms. The third kappa shape index (κ3) is 5.95. The number of rotatable bonds is 7. The number of hydrogen-bond donors (Lipinski definition) is 0. The first-order valence-electron chi connectivity index (χ1n) is 6.24. The summed E-state index contributed by atoms with van der Waals surface area (Å²) in [6.07, 6.45) is 5.87. The summed E-state index contributed by atoms with van der Waals surface area (Å²) in [5, 5.41) is 0. The molecule has 0 saturated carbocycles. The molecule has 94 valence electrons. The number of carbonyl (C=O) groups is 1. The maximum atomic E-state index is 11.2. The molecule has 0 aromatic rings. The van der Waals surface area contributed by atoms with Gasteiger partial charge in [0.05, 0.1) is 19.8 Å². The van der Waals surface area contributed by atoms with Crippen molar-refractivity contribution in [2.75, 3.05) is 19.8 Å². The number of unbranched alkanes of at least 4 members (excludes halogenated alkanes) is 4. The Hall–Kier alpha value is -0.770. The fourth-order valence-corrected chi connectivity index (χ4v) is 1.64. The second-order valence-electron chi connectivity index (χ2n) is 4.12. The van der Waals surface area contributed by atoms with Gasteiger partial charge >= 0.3 is 6.16 Å². The Morgan fingerprint density at radius 3 is 2.81 bits per heavy atom. The van der Waals surface area contributed by atoms with Crippen molar-refractivity contribution in [2.24, 2.45) is 0 Å². The lowest BCUT2D eigenvalue weighted by molar-refractivity contribution is 0.0187. The van der Waals surface area contributed by atoms with E-state index in [0.717, 1.165) is 19.3 Å². The molecule has 0 N–H and O–H groups in total. The third-order valence-electron chi connectivity index (χ3n) is 2.62. The molecule has 0 aliphatic carbocycles. The molecule has 4 nitrogen and oxygen atoms in total. The van der Waals surface area contributed by atoms with E-state index in [9.17, 15) is 4.79 Å². The highest BCUT2D eigenvalue weighted by atomic mass is 16.7.